The fourth-order valence-corrected chi connectivity index (χ4v) is 0. The molecular weight excluding hydrogens is 144 g/mol. The van der Waals surface area contributed by atoms with Crippen molar-refractivity contribution >= 4 is 5.97 Å². The summed E-state index contributed by atoms with van der Waals surface area (Å²) >= 11 is 0. The van der Waals surface area contributed by atoms with Crippen molar-refractivity contribution in [2.45, 2.75) is 27.2 Å². The maximum Gasteiger partial charge on any atom is 0.302 e. The molecule has 0 atom stereocenters. The molecule has 0 fully saturated rings. The molecule has 0 aliphatic heterocycles. The second kappa shape index (κ2) is 22.7. The van der Waals surface area contributed by atoms with Crippen LogP contribution in [0.3, 0.4) is 0 Å². The van der Waals surface area contributed by atoms with Crippen LogP contribution in [-0.2, 0) is 14.3 Å². The van der Waals surface area contributed by atoms with Crippen molar-refractivity contribution in [3.05, 3.63) is 0 Å². The van der Waals surface area contributed by atoms with Gasteiger partial charge >= 0.3 is 5.97 Å². The van der Waals surface area contributed by atoms with E-state index in [4.69, 9.17) is 0 Å². The predicted octanol–water partition coefficient (Wildman–Crippen LogP) is 1.86. The van der Waals surface area contributed by atoms with Crippen LogP contribution in [0.1, 0.15) is 27.2 Å². The molecular formula is C8H20O3. The third-order valence-electron chi connectivity index (χ3n) is 0.287. The third kappa shape index (κ3) is 255. The van der Waals surface area contributed by atoms with Gasteiger partial charge in [-0.3, -0.25) is 4.79 Å². The smallest absolute Gasteiger partial charge is 0.302 e. The zero-order valence-electron chi connectivity index (χ0n) is 8.43. The molecule has 3 heteroatoms. The van der Waals surface area contributed by atoms with Crippen molar-refractivity contribution in [3.63, 3.8) is 0 Å². The number of hydrogen-bond donors (Lipinski definition) is 0. The number of carbonyl (C=O) groups excluding carboxylic acids is 1. The average Bonchev–Trinajstić information content (AvgIpc) is 1.91. The highest BCUT2D eigenvalue weighted by Gasteiger charge is 1.75. The lowest BCUT2D eigenvalue weighted by Crippen LogP contribution is -1.88. The Hall–Kier alpha value is -0.570. The lowest BCUT2D eigenvalue weighted by Gasteiger charge is -1.80. The number of methoxy groups -OCH3 is 2. The summed E-state index contributed by atoms with van der Waals surface area (Å²) in [7, 11) is 4.60. The van der Waals surface area contributed by atoms with Gasteiger partial charge in [-0.15, -0.1) is 0 Å². The molecule has 0 bridgehead atoms. The molecule has 0 aromatic rings. The van der Waals surface area contributed by atoms with E-state index in [-0.39, 0.29) is 5.97 Å². The fourth-order valence-electron chi connectivity index (χ4n) is 0. The van der Waals surface area contributed by atoms with Crippen LogP contribution in [0.15, 0.2) is 0 Å². The first-order valence-corrected chi connectivity index (χ1v) is 3.55. The molecule has 0 aliphatic rings. The average molecular weight is 164 g/mol. The van der Waals surface area contributed by atoms with Crippen molar-refractivity contribution in [2.24, 2.45) is 0 Å². The molecule has 0 saturated heterocycles. The van der Waals surface area contributed by atoms with Crippen LogP contribution in [0.5, 0.6) is 0 Å². The van der Waals surface area contributed by atoms with Gasteiger partial charge in [-0.2, -0.15) is 0 Å². The van der Waals surface area contributed by atoms with E-state index in [1.807, 2.05) is 0 Å². The summed E-state index contributed by atoms with van der Waals surface area (Å²) in [4.78, 5) is 9.59. The van der Waals surface area contributed by atoms with Gasteiger partial charge in [-0.25, -0.2) is 0 Å². The highest BCUT2D eigenvalue weighted by Crippen LogP contribution is 1.60. The van der Waals surface area contributed by atoms with Crippen LogP contribution in [0.4, 0.5) is 0 Å². The molecule has 3 nitrogen and oxygen atoms in total. The SMILES string of the molecule is CCC.COC.COC(C)=O. The van der Waals surface area contributed by atoms with Crippen molar-refractivity contribution < 1.29 is 14.3 Å². The zero-order chi connectivity index (χ0) is 9.70. The molecule has 0 aromatic carbocycles. The summed E-state index contributed by atoms with van der Waals surface area (Å²) in [5.74, 6) is -0.245. The van der Waals surface area contributed by atoms with E-state index in [0.29, 0.717) is 0 Å². The van der Waals surface area contributed by atoms with Gasteiger partial charge in [0.1, 0.15) is 0 Å². The van der Waals surface area contributed by atoms with Crippen molar-refractivity contribution in [2.75, 3.05) is 21.3 Å². The van der Waals surface area contributed by atoms with Crippen LogP contribution < -0.4 is 0 Å². The van der Waals surface area contributed by atoms with Gasteiger partial charge in [-0.05, 0) is 0 Å². The van der Waals surface area contributed by atoms with Gasteiger partial charge in [0, 0.05) is 21.1 Å². The Balaban J connectivity index is -0.0000000933. The van der Waals surface area contributed by atoms with Crippen molar-refractivity contribution in [1.29, 1.82) is 0 Å². The first-order valence-electron chi connectivity index (χ1n) is 3.55. The predicted molar refractivity (Wildman–Crippen MR) is 46.6 cm³/mol. The summed E-state index contributed by atoms with van der Waals surface area (Å²) in [5.41, 5.74) is 0. The quantitative estimate of drug-likeness (QED) is 0.513. The molecule has 0 rings (SSSR count). The minimum absolute atomic E-state index is 0.245. The molecule has 11 heavy (non-hydrogen) atoms. The minimum Gasteiger partial charge on any atom is -0.469 e. The van der Waals surface area contributed by atoms with Crippen LogP contribution in [0.2, 0.25) is 0 Å². The summed E-state index contributed by atoms with van der Waals surface area (Å²) < 4.78 is 8.36. The maximum atomic E-state index is 9.59. The lowest BCUT2D eigenvalue weighted by atomic mass is 10.6. The number of carbonyl (C=O) groups is 1. The van der Waals surface area contributed by atoms with Crippen LogP contribution >= 0.6 is 0 Å². The molecule has 0 N–H and O–H groups in total. The standard InChI is InChI=1S/C3H6O2.C3H8.C2H6O/c1-3(4)5-2;2*1-3-2/h1-2H3;3H2,1-2H3;1-2H3. The first kappa shape index (κ1) is 16.8. The molecule has 0 heterocycles. The van der Waals surface area contributed by atoms with Gasteiger partial charge < -0.3 is 9.47 Å². The van der Waals surface area contributed by atoms with Crippen LogP contribution in [0, 0.1) is 0 Å². The Labute approximate surface area is 69.7 Å². The Morgan fingerprint density at radius 3 is 1.27 bits per heavy atom. The largest absolute Gasteiger partial charge is 0.469 e. The summed E-state index contributed by atoms with van der Waals surface area (Å²) in [6.07, 6.45) is 1.25. The Morgan fingerprint density at radius 1 is 1.18 bits per heavy atom. The highest BCUT2D eigenvalue weighted by molar-refractivity contribution is 5.65. The van der Waals surface area contributed by atoms with Gasteiger partial charge in [0.05, 0.1) is 7.11 Å². The molecule has 0 aliphatic carbocycles. The zero-order valence-corrected chi connectivity index (χ0v) is 8.43. The van der Waals surface area contributed by atoms with Crippen molar-refractivity contribution in [1.82, 2.24) is 0 Å². The van der Waals surface area contributed by atoms with Crippen molar-refractivity contribution in [3.8, 4) is 0 Å². The second-order valence-electron chi connectivity index (χ2n) is 1.81. The Morgan fingerprint density at radius 2 is 1.27 bits per heavy atom. The van der Waals surface area contributed by atoms with Gasteiger partial charge in [0.15, 0.2) is 0 Å². The van der Waals surface area contributed by atoms with Crippen LogP contribution in [0.25, 0.3) is 0 Å². The molecule has 0 spiro atoms. The topological polar surface area (TPSA) is 35.5 Å². The molecule has 0 amide bonds. The monoisotopic (exact) mass is 164 g/mol. The maximum absolute atomic E-state index is 9.59. The Bertz CT molecular complexity index is 60.4. The molecule has 70 valence electrons. The number of rotatable bonds is 0. The van der Waals surface area contributed by atoms with Gasteiger partial charge in [-0.1, -0.05) is 20.3 Å². The van der Waals surface area contributed by atoms with E-state index in [1.165, 1.54) is 20.5 Å². The van der Waals surface area contributed by atoms with E-state index in [1.54, 1.807) is 14.2 Å². The van der Waals surface area contributed by atoms with Crippen LogP contribution in [-0.4, -0.2) is 27.3 Å². The van der Waals surface area contributed by atoms with E-state index in [0.717, 1.165) is 0 Å². The highest BCUT2D eigenvalue weighted by atomic mass is 16.5. The van der Waals surface area contributed by atoms with Gasteiger partial charge in [0.25, 0.3) is 0 Å². The van der Waals surface area contributed by atoms with E-state index in [9.17, 15) is 4.79 Å². The number of hydrogen-bond acceptors (Lipinski definition) is 3. The summed E-state index contributed by atoms with van der Waals surface area (Å²) in [6, 6.07) is 0. The summed E-state index contributed by atoms with van der Waals surface area (Å²) in [6.45, 7) is 5.61. The second-order valence-corrected chi connectivity index (χ2v) is 1.81. The minimum atomic E-state index is -0.245. The normalized spacial score (nSPS) is 6.36. The molecule has 0 radical (unpaired) electrons. The summed E-state index contributed by atoms with van der Waals surface area (Å²) in [5, 5.41) is 0. The molecule has 0 saturated carbocycles. The van der Waals surface area contributed by atoms with E-state index in [2.05, 4.69) is 23.3 Å². The fraction of sp³-hybridized carbons (Fsp3) is 0.875. The Kier molecular flexibility index (Phi) is 34.7. The molecule has 0 aromatic heterocycles. The molecule has 0 unspecified atom stereocenters. The van der Waals surface area contributed by atoms with E-state index >= 15 is 0 Å². The number of esters is 1. The first-order chi connectivity index (χ1) is 5.10. The third-order valence-corrected chi connectivity index (χ3v) is 0.287. The number of ether oxygens (including phenoxy) is 2. The van der Waals surface area contributed by atoms with E-state index < -0.39 is 0 Å². The van der Waals surface area contributed by atoms with Gasteiger partial charge in [0.2, 0.25) is 0 Å². The lowest BCUT2D eigenvalue weighted by molar-refractivity contribution is -0.137.